The van der Waals surface area contributed by atoms with Gasteiger partial charge in [0.1, 0.15) is 24.6 Å². The number of pyridine rings is 1. The van der Waals surface area contributed by atoms with Gasteiger partial charge in [0.05, 0.1) is 75.8 Å². The van der Waals surface area contributed by atoms with E-state index in [9.17, 15) is 58.3 Å². The maximum atomic E-state index is 13.7. The standard InChI is InChI=1S/C24H21F3N4O2.C22H17F4N5O2.C22H19F3N4O3/c1-14-5-4-6-17(21(14)18-7-2-3-10-28-18)22(32)31-16-8-9-19(31)20(11-16)33-23-29-12-15(13-30-23)24(25,26)27;23-13-10-27-19(28-11-13)15-3-1-2-4-16(15)20(32)31-14-5-6-17(31)18(7-14)33-21-29-8-12(9-30-21)22(24,25)26;1-12-3-2-4-15(18(12)19-26-7-8-31-19)20(30)29-14-5-6-16(29)17(9-14)32-21-27-10-13(11-28-21)22(23,24)25/h2-7,10,12-13,16,19-20H,8-9,11H2,1H3;1-4,8-11,14,17-18H,5-7H2;2-4,7-8,10-11,14,16-17H,5-6,9H2,1H3. The quantitative estimate of drug-likeness (QED) is 0.103. The molecule has 3 amide bonds. The summed E-state index contributed by atoms with van der Waals surface area (Å²) in [5.74, 6) is -0.432. The molecule has 9 unspecified atom stereocenters. The van der Waals surface area contributed by atoms with Crippen molar-refractivity contribution in [2.24, 2.45) is 0 Å². The fourth-order valence-electron chi connectivity index (χ4n) is 14.0. The number of aryl methyl sites for hydroxylation is 2. The topological polar surface area (TPSA) is 231 Å². The first-order valence-electron chi connectivity index (χ1n) is 31.2. The number of oxazole rings is 1. The first-order chi connectivity index (χ1) is 47.0. The highest BCUT2D eigenvalue weighted by Crippen LogP contribution is 2.45. The molecule has 9 aromatic rings. The van der Waals surface area contributed by atoms with Crippen LogP contribution in [-0.2, 0) is 18.5 Å². The Morgan fingerprint density at radius 2 is 0.837 bits per heavy atom. The van der Waals surface area contributed by atoms with Gasteiger partial charge >= 0.3 is 36.6 Å². The number of benzene rings is 3. The third-order valence-electron chi connectivity index (χ3n) is 18.4. The van der Waals surface area contributed by atoms with E-state index < -0.39 is 47.1 Å². The van der Waals surface area contributed by atoms with Gasteiger partial charge in [0.15, 0.2) is 11.6 Å². The summed E-state index contributed by atoms with van der Waals surface area (Å²) in [6.07, 6.45) is 2.57. The number of hydrogen-bond donors (Lipinski definition) is 0. The summed E-state index contributed by atoms with van der Waals surface area (Å²) in [4.78, 5) is 85.0. The van der Waals surface area contributed by atoms with Crippen LogP contribution in [0.2, 0.25) is 0 Å². The molecule has 0 saturated carbocycles. The van der Waals surface area contributed by atoms with E-state index in [2.05, 4.69) is 49.8 Å². The van der Waals surface area contributed by atoms with Crippen LogP contribution in [0.5, 0.6) is 18.0 Å². The molecule has 0 spiro atoms. The minimum Gasteiger partial charge on any atom is -0.458 e. The van der Waals surface area contributed by atoms with Crippen molar-refractivity contribution in [3.8, 4) is 52.1 Å². The Labute approximate surface area is 551 Å². The molecule has 0 N–H and O–H groups in total. The molecule has 20 nitrogen and oxygen atoms in total. The van der Waals surface area contributed by atoms with Gasteiger partial charge < -0.3 is 33.3 Å². The monoisotopic (exact) mass is 1360 g/mol. The number of fused-ring (bicyclic) bond motifs is 6. The van der Waals surface area contributed by atoms with Crippen LogP contribution >= 0.6 is 0 Å². The highest BCUT2D eigenvalue weighted by molar-refractivity contribution is 6.03. The van der Waals surface area contributed by atoms with Gasteiger partial charge in [0.2, 0.25) is 5.89 Å². The molecule has 6 saturated heterocycles. The lowest BCUT2D eigenvalue weighted by Crippen LogP contribution is -2.39. The Morgan fingerprint density at radius 3 is 1.24 bits per heavy atom. The third kappa shape index (κ3) is 13.5. The SMILES string of the molecule is Cc1cccc(C(=O)N2C3CCC2C(Oc2ncc(C(F)(F)F)cn2)C3)c1-c1ccccn1.Cc1cccc(C(=O)N2C3CCC2C(Oc2ncc(C(F)(F)F)cn2)C3)c1-c1ncco1.O=C(c1ccccc1-c1ncc(F)cn1)N1C2CCC1C(Oc1ncc(C(F)(F)F)cn1)C2. The zero-order valence-electron chi connectivity index (χ0n) is 51.9. The van der Waals surface area contributed by atoms with Gasteiger partial charge in [0.25, 0.3) is 17.7 Å². The average Bonchev–Trinajstić information content (AvgIpc) is 1.63. The van der Waals surface area contributed by atoms with Crippen molar-refractivity contribution in [3.63, 3.8) is 0 Å². The summed E-state index contributed by atoms with van der Waals surface area (Å²) in [6, 6.07) is 22.3. The number of alkyl halides is 9. The summed E-state index contributed by atoms with van der Waals surface area (Å²) in [6.45, 7) is 3.84. The van der Waals surface area contributed by atoms with Crippen molar-refractivity contribution in [3.05, 3.63) is 197 Å². The zero-order valence-corrected chi connectivity index (χ0v) is 51.9. The van der Waals surface area contributed by atoms with Gasteiger partial charge in [-0.3, -0.25) is 19.4 Å². The number of ether oxygens (including phenoxy) is 3. The fraction of sp³-hybridized carbons (Fsp3) is 0.338. The second-order valence-electron chi connectivity index (χ2n) is 24.3. The van der Waals surface area contributed by atoms with Crippen LogP contribution in [0.3, 0.4) is 0 Å². The molecule has 6 aromatic heterocycles. The van der Waals surface area contributed by atoms with Gasteiger partial charge in [-0.05, 0) is 93.8 Å². The normalized spacial score (nSPS) is 22.1. The highest BCUT2D eigenvalue weighted by atomic mass is 19.4. The summed E-state index contributed by atoms with van der Waals surface area (Å²) in [7, 11) is 0. The van der Waals surface area contributed by atoms with Crippen molar-refractivity contribution in [1.82, 2.24) is 64.5 Å². The molecular formula is C68H57F10N13O7. The fourth-order valence-corrected chi connectivity index (χ4v) is 14.0. The molecule has 6 aliphatic rings. The van der Waals surface area contributed by atoms with E-state index in [1.807, 2.05) is 72.2 Å². The van der Waals surface area contributed by atoms with E-state index in [1.54, 1.807) is 41.4 Å². The minimum absolute atomic E-state index is 0.000886. The minimum atomic E-state index is -4.53. The zero-order chi connectivity index (χ0) is 68.8. The lowest BCUT2D eigenvalue weighted by atomic mass is 9.97. The number of aromatic nitrogens is 10. The lowest BCUT2D eigenvalue weighted by molar-refractivity contribution is -0.139. The van der Waals surface area contributed by atoms with Crippen LogP contribution in [0.15, 0.2) is 152 Å². The third-order valence-corrected chi connectivity index (χ3v) is 18.4. The molecule has 3 aromatic carbocycles. The van der Waals surface area contributed by atoms with Gasteiger partial charge in [-0.2, -0.15) is 39.5 Å². The molecule has 15 rings (SSSR count). The van der Waals surface area contributed by atoms with E-state index >= 15 is 0 Å². The molecule has 12 heterocycles. The molecule has 30 heteroatoms. The molecule has 506 valence electrons. The number of amides is 3. The number of halogens is 10. The molecule has 0 radical (unpaired) electrons. The maximum absolute atomic E-state index is 13.7. The lowest BCUT2D eigenvalue weighted by Gasteiger charge is -2.25. The Hall–Kier alpha value is -10.6. The number of carbonyl (C=O) groups is 3. The van der Waals surface area contributed by atoms with Crippen molar-refractivity contribution < 1.29 is 76.9 Å². The first kappa shape index (κ1) is 66.1. The van der Waals surface area contributed by atoms with Gasteiger partial charge in [-0.1, -0.05) is 48.5 Å². The van der Waals surface area contributed by atoms with E-state index in [0.29, 0.717) is 96.6 Å². The van der Waals surface area contributed by atoms with Gasteiger partial charge in [-0.15, -0.1) is 0 Å². The molecule has 6 aliphatic heterocycles. The number of rotatable bonds is 12. The Balaban J connectivity index is 0.000000132. The van der Waals surface area contributed by atoms with E-state index in [0.717, 1.165) is 66.9 Å². The smallest absolute Gasteiger partial charge is 0.419 e. The van der Waals surface area contributed by atoms with E-state index in [1.165, 1.54) is 12.5 Å². The van der Waals surface area contributed by atoms with E-state index in [4.69, 9.17) is 18.6 Å². The van der Waals surface area contributed by atoms with Crippen LogP contribution in [-0.4, -0.2) is 137 Å². The second-order valence-corrected chi connectivity index (χ2v) is 24.3. The summed E-state index contributed by atoms with van der Waals surface area (Å²) in [5.41, 5.74) is 3.13. The maximum Gasteiger partial charge on any atom is 0.419 e. The average molecular weight is 1360 g/mol. The van der Waals surface area contributed by atoms with Gasteiger partial charge in [-0.25, -0.2) is 49.2 Å². The van der Waals surface area contributed by atoms with Crippen LogP contribution in [0.25, 0.3) is 34.1 Å². The highest BCUT2D eigenvalue weighted by Gasteiger charge is 2.53. The number of nitrogens with zero attached hydrogens (tertiary/aromatic N) is 13. The van der Waals surface area contributed by atoms with Crippen molar-refractivity contribution in [2.45, 2.75) is 145 Å². The molecule has 0 aliphatic carbocycles. The molecule has 9 atom stereocenters. The summed E-state index contributed by atoms with van der Waals surface area (Å²) < 4.78 is 151. The van der Waals surface area contributed by atoms with Crippen LogP contribution < -0.4 is 14.2 Å². The Morgan fingerprint density at radius 1 is 0.439 bits per heavy atom. The van der Waals surface area contributed by atoms with Crippen molar-refractivity contribution >= 4 is 17.7 Å². The number of carbonyl (C=O) groups excluding carboxylic acids is 3. The predicted molar refractivity (Wildman–Crippen MR) is 326 cm³/mol. The summed E-state index contributed by atoms with van der Waals surface area (Å²) in [5, 5.41) is 0. The van der Waals surface area contributed by atoms with Gasteiger partial charge in [0, 0.05) is 97.5 Å². The predicted octanol–water partition coefficient (Wildman–Crippen LogP) is 12.9. The first-order valence-corrected chi connectivity index (χ1v) is 31.2. The molecule has 6 fully saturated rings. The molecular weight excluding hydrogens is 1300 g/mol. The van der Waals surface area contributed by atoms with Crippen molar-refractivity contribution in [2.75, 3.05) is 0 Å². The van der Waals surface area contributed by atoms with Crippen LogP contribution in [0, 0.1) is 19.7 Å². The summed E-state index contributed by atoms with van der Waals surface area (Å²) >= 11 is 0. The molecule has 98 heavy (non-hydrogen) atoms. The Bertz CT molecular complexity index is 4350. The van der Waals surface area contributed by atoms with E-state index in [-0.39, 0.29) is 90.0 Å². The molecule has 6 bridgehead atoms. The Kier molecular flexibility index (Phi) is 18.1. The van der Waals surface area contributed by atoms with Crippen molar-refractivity contribution in [1.29, 1.82) is 0 Å². The largest absolute Gasteiger partial charge is 0.458 e. The van der Waals surface area contributed by atoms with Crippen LogP contribution in [0.4, 0.5) is 43.9 Å². The number of hydrogen-bond acceptors (Lipinski definition) is 17. The second kappa shape index (κ2) is 26.8. The van der Waals surface area contributed by atoms with Crippen LogP contribution in [0.1, 0.15) is 117 Å².